The van der Waals surface area contributed by atoms with Gasteiger partial charge in [-0.1, -0.05) is 11.8 Å². The van der Waals surface area contributed by atoms with Gasteiger partial charge in [0.2, 0.25) is 11.9 Å². The van der Waals surface area contributed by atoms with E-state index in [1.165, 1.54) is 25.8 Å². The van der Waals surface area contributed by atoms with Gasteiger partial charge in [0, 0.05) is 46.7 Å². The number of carbonyl (C=O) groups excluding carboxylic acids is 3. The van der Waals surface area contributed by atoms with Gasteiger partial charge in [0.25, 0.3) is 0 Å². The highest BCUT2D eigenvalue weighted by atomic mass is 32.2. The molecule has 0 atom stereocenters. The second-order valence-corrected chi connectivity index (χ2v) is 9.49. The third-order valence-corrected chi connectivity index (χ3v) is 6.47. The fourth-order valence-corrected chi connectivity index (χ4v) is 4.26. The normalized spacial score (nSPS) is 10.4. The molecule has 1 aromatic heterocycles. The van der Waals surface area contributed by atoms with Gasteiger partial charge < -0.3 is 20.7 Å². The molecule has 3 aromatic carbocycles. The fourth-order valence-electron chi connectivity index (χ4n) is 3.49. The quantitative estimate of drug-likeness (QED) is 0.123. The number of nitrogens with zero attached hydrogens (tertiary/aromatic N) is 2. The summed E-state index contributed by atoms with van der Waals surface area (Å²) >= 11 is 1.47. The van der Waals surface area contributed by atoms with Crippen molar-refractivity contribution in [3.63, 3.8) is 0 Å². The number of ether oxygens (including phenoxy) is 1. The van der Waals surface area contributed by atoms with Gasteiger partial charge in [-0.3, -0.25) is 9.59 Å². The highest BCUT2D eigenvalue weighted by molar-refractivity contribution is 7.99. The second-order valence-electron chi connectivity index (χ2n) is 8.40. The summed E-state index contributed by atoms with van der Waals surface area (Å²) in [7, 11) is 1.34. The second kappa shape index (κ2) is 13.2. The summed E-state index contributed by atoms with van der Waals surface area (Å²) in [6.45, 7) is 1.98. The molecular weight excluding hydrogens is 514 g/mol. The van der Waals surface area contributed by atoms with E-state index >= 15 is 0 Å². The van der Waals surface area contributed by atoms with Crippen LogP contribution in [0, 0.1) is 0 Å². The maximum Gasteiger partial charge on any atom is 0.337 e. The smallest absolute Gasteiger partial charge is 0.337 e. The Balaban J connectivity index is 1.24. The number of carbonyl (C=O) groups is 3. The van der Waals surface area contributed by atoms with Crippen molar-refractivity contribution in [2.45, 2.75) is 23.3 Å². The predicted octanol–water partition coefficient (Wildman–Crippen LogP) is 5.80. The molecule has 0 aliphatic carbocycles. The molecule has 4 rings (SSSR count). The molecule has 198 valence electrons. The molecular formula is C29H27N5O4S. The number of ketones is 1. The van der Waals surface area contributed by atoms with E-state index in [0.717, 1.165) is 21.3 Å². The zero-order chi connectivity index (χ0) is 27.6. The van der Waals surface area contributed by atoms with E-state index in [9.17, 15) is 14.4 Å². The molecule has 0 unspecified atom stereocenters. The largest absolute Gasteiger partial charge is 0.465 e. The Morgan fingerprint density at radius 2 is 1.46 bits per heavy atom. The molecule has 0 saturated carbocycles. The van der Waals surface area contributed by atoms with Crippen molar-refractivity contribution in [3.05, 3.63) is 96.2 Å². The van der Waals surface area contributed by atoms with Crippen LogP contribution in [0.5, 0.6) is 0 Å². The van der Waals surface area contributed by atoms with Crippen LogP contribution in [0.15, 0.2) is 95.0 Å². The minimum atomic E-state index is -0.391. The van der Waals surface area contributed by atoms with Crippen LogP contribution in [0.2, 0.25) is 0 Å². The van der Waals surface area contributed by atoms with Crippen LogP contribution in [0.1, 0.15) is 34.1 Å². The summed E-state index contributed by atoms with van der Waals surface area (Å²) in [4.78, 5) is 45.1. The number of rotatable bonds is 11. The lowest BCUT2D eigenvalue weighted by atomic mass is 10.1. The number of benzene rings is 3. The maximum absolute atomic E-state index is 12.3. The molecule has 0 spiro atoms. The molecule has 3 N–H and O–H groups in total. The average Bonchev–Trinajstić information content (AvgIpc) is 2.94. The van der Waals surface area contributed by atoms with Crippen molar-refractivity contribution in [1.29, 1.82) is 0 Å². The number of hydrogen-bond acceptors (Lipinski definition) is 9. The van der Waals surface area contributed by atoms with Crippen molar-refractivity contribution < 1.29 is 19.1 Å². The Hall–Kier alpha value is -4.70. The van der Waals surface area contributed by atoms with Crippen LogP contribution in [-0.4, -0.2) is 41.3 Å². The van der Waals surface area contributed by atoms with Gasteiger partial charge in [-0.25, -0.2) is 14.8 Å². The van der Waals surface area contributed by atoms with Crippen molar-refractivity contribution in [2.75, 3.05) is 29.6 Å². The zero-order valence-electron chi connectivity index (χ0n) is 21.4. The van der Waals surface area contributed by atoms with Gasteiger partial charge in [0.05, 0.1) is 12.7 Å². The van der Waals surface area contributed by atoms with E-state index < -0.39 is 5.97 Å². The molecule has 0 aliphatic heterocycles. The van der Waals surface area contributed by atoms with Crippen LogP contribution in [0.4, 0.5) is 23.0 Å². The highest BCUT2D eigenvalue weighted by Gasteiger charge is 2.07. The highest BCUT2D eigenvalue weighted by Crippen LogP contribution is 2.28. The lowest BCUT2D eigenvalue weighted by molar-refractivity contribution is -0.115. The maximum atomic E-state index is 12.3. The number of esters is 1. The lowest BCUT2D eigenvalue weighted by Gasteiger charge is -2.09. The number of methoxy groups -OCH3 is 1. The van der Waals surface area contributed by atoms with E-state index in [1.54, 1.807) is 42.6 Å². The molecule has 0 radical (unpaired) electrons. The van der Waals surface area contributed by atoms with Crippen LogP contribution >= 0.6 is 11.8 Å². The van der Waals surface area contributed by atoms with Crippen molar-refractivity contribution in [2.24, 2.45) is 0 Å². The molecule has 0 aliphatic rings. The van der Waals surface area contributed by atoms with E-state index in [2.05, 4.69) is 30.7 Å². The van der Waals surface area contributed by atoms with Gasteiger partial charge in [0.1, 0.15) is 5.03 Å². The summed E-state index contributed by atoms with van der Waals surface area (Å²) in [5.41, 5.74) is 3.41. The van der Waals surface area contributed by atoms with Crippen molar-refractivity contribution in [3.8, 4) is 0 Å². The number of nitrogens with one attached hydrogen (secondary N) is 3. The Labute approximate surface area is 230 Å². The Morgan fingerprint density at radius 1 is 0.821 bits per heavy atom. The number of anilines is 4. The molecule has 4 aromatic rings. The van der Waals surface area contributed by atoms with E-state index in [4.69, 9.17) is 0 Å². The summed E-state index contributed by atoms with van der Waals surface area (Å²) in [5, 5.41) is 9.96. The number of amides is 1. The van der Waals surface area contributed by atoms with Crippen LogP contribution < -0.4 is 16.0 Å². The molecule has 1 amide bonds. The first kappa shape index (κ1) is 27.3. The first-order chi connectivity index (χ1) is 18.9. The molecule has 0 bridgehead atoms. The standard InChI is InChI=1S/C29H27N5O4S/c1-19(35)20-3-9-24(10-4-20)33-29-31-18-16-27(34-29)39-25-13-11-23(12-14-25)32-26(36)15-17-30-22-7-5-21(6-8-22)28(37)38-2/h3-14,16,18,30H,15,17H2,1-2H3,(H,32,36)(H,31,33,34). The van der Waals surface area contributed by atoms with Crippen molar-refractivity contribution in [1.82, 2.24) is 9.97 Å². The topological polar surface area (TPSA) is 122 Å². The third-order valence-electron chi connectivity index (χ3n) is 5.53. The fraction of sp³-hybridized carbons (Fsp3) is 0.138. The van der Waals surface area contributed by atoms with E-state index in [0.29, 0.717) is 29.3 Å². The number of Topliss-reactive ketones (excluding diaryl/α,β-unsaturated/α-hetero) is 1. The summed E-state index contributed by atoms with van der Waals surface area (Å²) in [6, 6.07) is 23.3. The first-order valence-corrected chi connectivity index (χ1v) is 12.9. The summed E-state index contributed by atoms with van der Waals surface area (Å²) in [5.74, 6) is -0.0397. The minimum absolute atomic E-state index is 0.0135. The van der Waals surface area contributed by atoms with Crippen LogP contribution in [0.25, 0.3) is 0 Å². The van der Waals surface area contributed by atoms with Crippen molar-refractivity contribution >= 4 is 52.4 Å². The Morgan fingerprint density at radius 3 is 2.13 bits per heavy atom. The molecule has 0 fully saturated rings. The number of hydrogen-bond donors (Lipinski definition) is 3. The predicted molar refractivity (Wildman–Crippen MR) is 152 cm³/mol. The van der Waals surface area contributed by atoms with Gasteiger partial charge in [-0.05, 0) is 85.8 Å². The summed E-state index contributed by atoms with van der Waals surface area (Å²) < 4.78 is 4.69. The molecule has 9 nitrogen and oxygen atoms in total. The van der Waals surface area contributed by atoms with Gasteiger partial charge in [-0.15, -0.1) is 0 Å². The van der Waals surface area contributed by atoms with E-state index in [1.807, 2.05) is 42.5 Å². The van der Waals surface area contributed by atoms with Gasteiger partial charge >= 0.3 is 5.97 Å². The van der Waals surface area contributed by atoms with Crippen LogP contribution in [-0.2, 0) is 9.53 Å². The Kier molecular flexibility index (Phi) is 9.25. The van der Waals surface area contributed by atoms with Gasteiger partial charge in [0.15, 0.2) is 5.78 Å². The SMILES string of the molecule is COC(=O)c1ccc(NCCC(=O)Nc2ccc(Sc3ccnc(Nc4ccc(C(C)=O)cc4)n3)cc2)cc1. The molecule has 0 saturated heterocycles. The molecule has 1 heterocycles. The average molecular weight is 542 g/mol. The molecule has 39 heavy (non-hydrogen) atoms. The monoisotopic (exact) mass is 541 g/mol. The van der Waals surface area contributed by atoms with Gasteiger partial charge in [-0.2, -0.15) is 0 Å². The third kappa shape index (κ3) is 8.14. The summed E-state index contributed by atoms with van der Waals surface area (Å²) in [6.07, 6.45) is 1.96. The van der Waals surface area contributed by atoms with Crippen LogP contribution in [0.3, 0.4) is 0 Å². The number of aromatic nitrogens is 2. The minimum Gasteiger partial charge on any atom is -0.465 e. The Bertz CT molecular complexity index is 1440. The molecule has 10 heteroatoms. The lowest BCUT2D eigenvalue weighted by Crippen LogP contribution is -2.16. The zero-order valence-corrected chi connectivity index (χ0v) is 22.2. The first-order valence-electron chi connectivity index (χ1n) is 12.1. The van der Waals surface area contributed by atoms with E-state index in [-0.39, 0.29) is 18.1 Å².